The first-order valence-electron chi connectivity index (χ1n) is 12.4. The number of unbranched alkanes of at least 4 members (excludes halogenated alkanes) is 1. The van der Waals surface area contributed by atoms with Crippen LogP contribution in [0, 0.1) is 28.6 Å². The Morgan fingerprint density at radius 3 is 2.62 bits per heavy atom. The second kappa shape index (κ2) is 8.35. The largest absolute Gasteiger partial charge is 0.450 e. The van der Waals surface area contributed by atoms with Gasteiger partial charge in [-0.1, -0.05) is 32.8 Å². The Hall–Kier alpha value is -1.53. The third-order valence-corrected chi connectivity index (χ3v) is 9.63. The van der Waals surface area contributed by atoms with Crippen LogP contribution >= 0.6 is 0 Å². The number of ether oxygens (including phenoxy) is 1. The van der Waals surface area contributed by atoms with Gasteiger partial charge < -0.3 is 14.9 Å². The van der Waals surface area contributed by atoms with Crippen molar-refractivity contribution < 1.29 is 29.3 Å². The minimum absolute atomic E-state index is 0.0319. The Bertz CT molecular complexity index is 832. The first kappa shape index (κ1) is 23.6. The highest BCUT2D eigenvalue weighted by Crippen LogP contribution is 2.68. The molecule has 0 saturated heterocycles. The molecule has 6 heteroatoms. The van der Waals surface area contributed by atoms with E-state index >= 15 is 0 Å². The SMILES string of the molecule is CCCCC(=O)O[C@]1(C(=O)CO)CC[C@@H]2[C@@H]3CCC4=CC(=O)CC[C@]4(C)[C@@H]3[C@@H](O)C[C@]21C. The van der Waals surface area contributed by atoms with Crippen LogP contribution in [0.25, 0.3) is 0 Å². The quantitative estimate of drug-likeness (QED) is 0.606. The molecule has 0 unspecified atom stereocenters. The fourth-order valence-electron chi connectivity index (χ4n) is 8.05. The standard InChI is InChI=1S/C26H38O6/c1-4-5-6-22(31)32-26(21(30)15-27)12-10-19-18-8-7-16-13-17(28)9-11-24(16,2)23(18)20(29)14-25(19,26)3/h13,18-20,23,27,29H,4-12,14-15H2,1-3H3/t18-,19+,20-,23-,24-,25+,26-/m0/s1. The lowest BCUT2D eigenvalue weighted by Gasteiger charge is -2.60. The summed E-state index contributed by atoms with van der Waals surface area (Å²) in [4.78, 5) is 37.9. The van der Waals surface area contributed by atoms with E-state index in [1.165, 1.54) is 5.57 Å². The topological polar surface area (TPSA) is 101 Å². The number of aliphatic hydroxyl groups is 2. The van der Waals surface area contributed by atoms with E-state index in [0.717, 1.165) is 32.1 Å². The van der Waals surface area contributed by atoms with Crippen LogP contribution < -0.4 is 0 Å². The molecule has 0 heterocycles. The van der Waals surface area contributed by atoms with Crippen molar-refractivity contribution in [3.63, 3.8) is 0 Å². The van der Waals surface area contributed by atoms with E-state index in [-0.39, 0.29) is 35.4 Å². The number of ketones is 2. The maximum atomic E-state index is 13.1. The molecular weight excluding hydrogens is 408 g/mol. The Labute approximate surface area is 190 Å². The number of allylic oxidation sites excluding steroid dienone is 1. The number of aliphatic hydroxyl groups excluding tert-OH is 2. The van der Waals surface area contributed by atoms with Gasteiger partial charge in [0.05, 0.1) is 6.10 Å². The van der Waals surface area contributed by atoms with Crippen LogP contribution in [0.3, 0.4) is 0 Å². The predicted octanol–water partition coefficient (Wildman–Crippen LogP) is 3.52. The molecule has 3 saturated carbocycles. The molecule has 6 nitrogen and oxygen atoms in total. The van der Waals surface area contributed by atoms with Crippen molar-refractivity contribution in [3.05, 3.63) is 11.6 Å². The van der Waals surface area contributed by atoms with E-state index < -0.39 is 35.5 Å². The summed E-state index contributed by atoms with van der Waals surface area (Å²) in [6, 6.07) is 0. The minimum atomic E-state index is -1.37. The zero-order valence-electron chi connectivity index (χ0n) is 19.7. The molecule has 0 aromatic heterocycles. The predicted molar refractivity (Wildman–Crippen MR) is 119 cm³/mol. The number of Topliss-reactive ketones (excluding diaryl/α,β-unsaturated/α-hetero) is 1. The molecule has 4 aliphatic carbocycles. The molecule has 0 amide bonds. The smallest absolute Gasteiger partial charge is 0.306 e. The molecule has 32 heavy (non-hydrogen) atoms. The minimum Gasteiger partial charge on any atom is -0.450 e. The molecule has 0 aromatic rings. The van der Waals surface area contributed by atoms with Gasteiger partial charge in [0.2, 0.25) is 5.78 Å². The van der Waals surface area contributed by atoms with E-state index in [1.807, 2.05) is 19.9 Å². The van der Waals surface area contributed by atoms with Gasteiger partial charge in [0.25, 0.3) is 0 Å². The number of carbonyl (C=O) groups excluding carboxylic acids is 3. The highest BCUT2D eigenvalue weighted by Gasteiger charge is 2.70. The Kier molecular flexibility index (Phi) is 6.17. The van der Waals surface area contributed by atoms with Gasteiger partial charge in [0.1, 0.15) is 6.61 Å². The summed E-state index contributed by atoms with van der Waals surface area (Å²) in [5.74, 6) is -0.297. The number of carbonyl (C=O) groups is 3. The zero-order valence-corrected chi connectivity index (χ0v) is 19.7. The monoisotopic (exact) mass is 446 g/mol. The van der Waals surface area contributed by atoms with Crippen LogP contribution in [-0.2, 0) is 19.1 Å². The lowest BCUT2D eigenvalue weighted by atomic mass is 9.45. The zero-order chi connectivity index (χ0) is 23.3. The Balaban J connectivity index is 1.70. The van der Waals surface area contributed by atoms with Gasteiger partial charge in [-0.3, -0.25) is 14.4 Å². The van der Waals surface area contributed by atoms with Crippen LogP contribution in [-0.4, -0.2) is 46.1 Å². The maximum absolute atomic E-state index is 13.1. The van der Waals surface area contributed by atoms with Crippen LogP contribution in [0.2, 0.25) is 0 Å². The first-order chi connectivity index (χ1) is 15.1. The highest BCUT2D eigenvalue weighted by molar-refractivity contribution is 5.92. The van der Waals surface area contributed by atoms with E-state index in [4.69, 9.17) is 4.74 Å². The summed E-state index contributed by atoms with van der Waals surface area (Å²) < 4.78 is 5.98. The highest BCUT2D eigenvalue weighted by atomic mass is 16.6. The van der Waals surface area contributed by atoms with Crippen LogP contribution in [0.5, 0.6) is 0 Å². The second-order valence-corrected chi connectivity index (χ2v) is 11.1. The van der Waals surface area contributed by atoms with Crippen molar-refractivity contribution in [2.45, 2.75) is 96.7 Å². The van der Waals surface area contributed by atoms with Crippen molar-refractivity contribution in [1.29, 1.82) is 0 Å². The molecule has 0 radical (unpaired) electrons. The average molecular weight is 447 g/mol. The van der Waals surface area contributed by atoms with Crippen molar-refractivity contribution in [3.8, 4) is 0 Å². The Morgan fingerprint density at radius 1 is 1.19 bits per heavy atom. The van der Waals surface area contributed by atoms with Crippen LogP contribution in [0.1, 0.15) is 85.0 Å². The first-order valence-corrected chi connectivity index (χ1v) is 12.4. The van der Waals surface area contributed by atoms with E-state index in [9.17, 15) is 24.6 Å². The maximum Gasteiger partial charge on any atom is 0.306 e. The van der Waals surface area contributed by atoms with Gasteiger partial charge in [-0.15, -0.1) is 0 Å². The molecule has 0 aromatic carbocycles. The molecule has 0 bridgehead atoms. The number of esters is 1. The summed E-state index contributed by atoms with van der Waals surface area (Å²) >= 11 is 0. The molecule has 178 valence electrons. The van der Waals surface area contributed by atoms with Gasteiger partial charge in [0.15, 0.2) is 11.4 Å². The van der Waals surface area contributed by atoms with Gasteiger partial charge in [-0.25, -0.2) is 0 Å². The molecule has 2 N–H and O–H groups in total. The lowest BCUT2D eigenvalue weighted by molar-refractivity contribution is -0.202. The van der Waals surface area contributed by atoms with Gasteiger partial charge in [-0.05, 0) is 74.2 Å². The molecule has 3 fully saturated rings. The van der Waals surface area contributed by atoms with Crippen molar-refractivity contribution in [2.75, 3.05) is 6.61 Å². The van der Waals surface area contributed by atoms with E-state index in [2.05, 4.69) is 6.92 Å². The number of fused-ring (bicyclic) bond motifs is 5. The van der Waals surface area contributed by atoms with Crippen molar-refractivity contribution in [1.82, 2.24) is 0 Å². The summed E-state index contributed by atoms with van der Waals surface area (Å²) in [6.07, 6.45) is 7.44. The van der Waals surface area contributed by atoms with E-state index in [1.54, 1.807) is 0 Å². The van der Waals surface area contributed by atoms with Gasteiger partial charge >= 0.3 is 5.97 Å². The lowest BCUT2D eigenvalue weighted by Crippen LogP contribution is -2.63. The Morgan fingerprint density at radius 2 is 1.94 bits per heavy atom. The second-order valence-electron chi connectivity index (χ2n) is 11.1. The molecular formula is C26H38O6. The van der Waals surface area contributed by atoms with Gasteiger partial charge in [0, 0.05) is 18.3 Å². The molecule has 4 rings (SSSR count). The fourth-order valence-corrected chi connectivity index (χ4v) is 8.05. The normalized spacial score (nSPS) is 43.0. The number of hydrogen-bond acceptors (Lipinski definition) is 6. The van der Waals surface area contributed by atoms with Crippen LogP contribution in [0.15, 0.2) is 11.6 Å². The fraction of sp³-hybridized carbons (Fsp3) is 0.808. The van der Waals surface area contributed by atoms with E-state index in [0.29, 0.717) is 25.7 Å². The summed E-state index contributed by atoms with van der Waals surface area (Å²) in [5.41, 5.74) is -1.12. The average Bonchev–Trinajstić information content (AvgIpc) is 3.04. The molecule has 7 atom stereocenters. The molecule has 0 spiro atoms. The third-order valence-electron chi connectivity index (χ3n) is 9.63. The summed E-state index contributed by atoms with van der Waals surface area (Å²) in [6.45, 7) is 5.51. The molecule has 4 aliphatic rings. The van der Waals surface area contributed by atoms with Crippen molar-refractivity contribution in [2.24, 2.45) is 28.6 Å². The number of hydrogen-bond donors (Lipinski definition) is 2. The summed E-state index contributed by atoms with van der Waals surface area (Å²) in [7, 11) is 0. The third kappa shape index (κ3) is 3.32. The molecule has 0 aliphatic heterocycles. The number of rotatable bonds is 6. The van der Waals surface area contributed by atoms with Crippen molar-refractivity contribution >= 4 is 17.5 Å². The van der Waals surface area contributed by atoms with Gasteiger partial charge in [-0.2, -0.15) is 0 Å². The summed E-state index contributed by atoms with van der Waals surface area (Å²) in [5, 5.41) is 21.4. The van der Waals surface area contributed by atoms with Crippen LogP contribution in [0.4, 0.5) is 0 Å².